The molecule has 8 heteroatoms. The first-order valence-corrected chi connectivity index (χ1v) is 9.20. The van der Waals surface area contributed by atoms with Crippen LogP contribution in [0.25, 0.3) is 16.9 Å². The van der Waals surface area contributed by atoms with Crippen LogP contribution in [0, 0.1) is 13.8 Å². The smallest absolute Gasteiger partial charge is 0.228 e. The molecule has 1 aromatic carbocycles. The molecule has 0 aliphatic rings. The third-order valence-corrected chi connectivity index (χ3v) is 4.01. The van der Waals surface area contributed by atoms with Crippen molar-refractivity contribution < 1.29 is 18.1 Å². The molecule has 0 aliphatic carbocycles. The largest absolute Gasteiger partial charge is 0.784 e. The Balaban J connectivity index is 0.000000596. The van der Waals surface area contributed by atoms with Crippen LogP contribution in [0.1, 0.15) is 16.8 Å². The van der Waals surface area contributed by atoms with Crippen LogP contribution in [0.4, 0.5) is 0 Å². The van der Waals surface area contributed by atoms with E-state index in [1.165, 1.54) is 5.56 Å². The van der Waals surface area contributed by atoms with Crippen molar-refractivity contribution in [3.05, 3.63) is 59.4 Å². The first-order valence-electron chi connectivity index (χ1n) is 8.20. The third-order valence-electron chi connectivity index (χ3n) is 4.01. The number of aryl methyl sites for hydroxylation is 2. The number of fused-ring (bicyclic) bond motifs is 1. The lowest BCUT2D eigenvalue weighted by Crippen LogP contribution is -2.24. The average molecular weight is 387 g/mol. The van der Waals surface area contributed by atoms with E-state index in [2.05, 4.69) is 31.2 Å². The summed E-state index contributed by atoms with van der Waals surface area (Å²) in [4.78, 5) is 18.6. The number of hydrogen-bond donors (Lipinski definition) is 0. The summed E-state index contributed by atoms with van der Waals surface area (Å²) in [7, 11) is 3.56. The molecule has 0 unspecified atom stereocenters. The highest BCUT2D eigenvalue weighted by Gasteiger charge is 2.18. The van der Waals surface area contributed by atoms with Crippen LogP contribution in [0.5, 0.6) is 0 Å². The molecule has 7 nitrogen and oxygen atoms in total. The van der Waals surface area contributed by atoms with Gasteiger partial charge in [0.2, 0.25) is 5.91 Å². The van der Waals surface area contributed by atoms with E-state index in [1.54, 1.807) is 19.0 Å². The maximum Gasteiger partial charge on any atom is 0.228 e. The summed E-state index contributed by atoms with van der Waals surface area (Å²) in [6.07, 6.45) is 2.37. The van der Waals surface area contributed by atoms with Gasteiger partial charge in [0.1, 0.15) is 5.65 Å². The Morgan fingerprint density at radius 3 is 2.19 bits per heavy atom. The maximum absolute atomic E-state index is 12.3. The molecule has 0 atom stereocenters. The highest BCUT2D eigenvalue weighted by Crippen LogP contribution is 2.26. The summed E-state index contributed by atoms with van der Waals surface area (Å²) in [6.45, 7) is 4.11. The van der Waals surface area contributed by atoms with Gasteiger partial charge in [0.05, 0.1) is 17.8 Å². The first-order chi connectivity index (χ1) is 12.7. The lowest BCUT2D eigenvalue weighted by Gasteiger charge is -2.11. The third kappa shape index (κ3) is 5.46. The fraction of sp³-hybridized carbons (Fsp3) is 0.263. The van der Waals surface area contributed by atoms with Gasteiger partial charge in [0.15, 0.2) is 0 Å². The lowest BCUT2D eigenvalue weighted by atomic mass is 10.1. The van der Waals surface area contributed by atoms with E-state index in [9.17, 15) is 4.79 Å². The zero-order valence-corrected chi connectivity index (χ0v) is 16.4. The zero-order valence-electron chi connectivity index (χ0n) is 15.6. The number of pyridine rings is 1. The predicted molar refractivity (Wildman–Crippen MR) is 102 cm³/mol. The van der Waals surface area contributed by atoms with E-state index >= 15 is 0 Å². The summed E-state index contributed by atoms with van der Waals surface area (Å²) >= 11 is -3.11. The number of rotatable bonds is 3. The predicted octanol–water partition coefficient (Wildman–Crippen LogP) is 2.24. The van der Waals surface area contributed by atoms with Crippen molar-refractivity contribution >= 4 is 22.9 Å². The Labute approximate surface area is 160 Å². The molecule has 144 valence electrons. The van der Waals surface area contributed by atoms with Gasteiger partial charge in [0, 0.05) is 25.9 Å². The van der Waals surface area contributed by atoms with Crippen LogP contribution in [0.2, 0.25) is 0 Å². The van der Waals surface area contributed by atoms with Gasteiger partial charge in [-0.1, -0.05) is 35.9 Å². The monoisotopic (exact) mass is 387 g/mol. The Morgan fingerprint density at radius 2 is 1.63 bits per heavy atom. The minimum atomic E-state index is -3.11. The number of imidazole rings is 1. The van der Waals surface area contributed by atoms with Crippen molar-refractivity contribution in [1.29, 1.82) is 0 Å². The molecular weight excluding hydrogens is 366 g/mol. The minimum absolute atomic E-state index is 0.0710. The molecule has 0 spiro atoms. The molecule has 1 amide bonds. The Kier molecular flexibility index (Phi) is 6.84. The molecule has 0 radical (unpaired) electrons. The van der Waals surface area contributed by atoms with Crippen LogP contribution in [0.3, 0.4) is 0 Å². The van der Waals surface area contributed by atoms with Crippen molar-refractivity contribution in [2.24, 2.45) is 0 Å². The topological polar surface area (TPSA) is 101 Å². The summed E-state index contributed by atoms with van der Waals surface area (Å²) in [6, 6.07) is 12.3. The molecule has 2 heterocycles. The van der Waals surface area contributed by atoms with Crippen molar-refractivity contribution in [1.82, 2.24) is 14.3 Å². The number of amides is 1. The summed E-state index contributed by atoms with van der Waals surface area (Å²) in [5.74, 6) is 0.0710. The standard InChI is InChI=1S/C19H21N3O.H2O3S/c1-13-5-8-15(9-6-13)19-16(11-18(23)21(3)4)22-12-14(2)7-10-17(22)20-19;1-4(2)3/h5-10,12H,11H2,1-4H3;(H2,1,2,3)/p-2. The van der Waals surface area contributed by atoms with Gasteiger partial charge in [-0.3, -0.25) is 9.00 Å². The summed E-state index contributed by atoms with van der Waals surface area (Å²) in [5.41, 5.74) is 6.08. The van der Waals surface area contributed by atoms with Crippen molar-refractivity contribution in [2.45, 2.75) is 20.3 Å². The van der Waals surface area contributed by atoms with Gasteiger partial charge in [-0.05, 0) is 25.5 Å². The van der Waals surface area contributed by atoms with Crippen molar-refractivity contribution in [3.8, 4) is 11.3 Å². The van der Waals surface area contributed by atoms with Crippen LogP contribution in [-0.2, 0) is 22.6 Å². The Morgan fingerprint density at radius 1 is 1.07 bits per heavy atom. The molecular formula is C19H21N3O4S-2. The van der Waals surface area contributed by atoms with E-state index in [1.807, 2.05) is 29.7 Å². The number of nitrogens with zero attached hydrogens (tertiary/aromatic N) is 3. The normalized spacial score (nSPS) is 10.6. The van der Waals surface area contributed by atoms with Gasteiger partial charge in [-0.25, -0.2) is 4.98 Å². The quantitative estimate of drug-likeness (QED) is 0.642. The van der Waals surface area contributed by atoms with E-state index in [0.29, 0.717) is 6.42 Å². The number of aromatic nitrogens is 2. The molecule has 0 aliphatic heterocycles. The molecule has 2 aromatic heterocycles. The van der Waals surface area contributed by atoms with Crippen LogP contribution in [0.15, 0.2) is 42.6 Å². The molecule has 3 aromatic rings. The fourth-order valence-corrected chi connectivity index (χ4v) is 2.61. The first kappa shape index (κ1) is 20.8. The van der Waals surface area contributed by atoms with Gasteiger partial charge in [-0.15, -0.1) is 11.4 Å². The van der Waals surface area contributed by atoms with E-state index < -0.39 is 11.4 Å². The fourth-order valence-electron chi connectivity index (χ4n) is 2.61. The summed E-state index contributed by atoms with van der Waals surface area (Å²) < 4.78 is 27.4. The van der Waals surface area contributed by atoms with Crippen LogP contribution in [-0.4, -0.2) is 47.6 Å². The van der Waals surface area contributed by atoms with Crippen molar-refractivity contribution in [3.63, 3.8) is 0 Å². The minimum Gasteiger partial charge on any atom is -0.784 e. The zero-order chi connectivity index (χ0) is 20.1. The average Bonchev–Trinajstić information content (AvgIpc) is 2.93. The molecule has 27 heavy (non-hydrogen) atoms. The number of carbonyl (C=O) groups excluding carboxylic acids is 1. The second-order valence-corrected chi connectivity index (χ2v) is 6.79. The van der Waals surface area contributed by atoms with Crippen LogP contribution >= 0.6 is 0 Å². The molecule has 0 saturated heterocycles. The van der Waals surface area contributed by atoms with Gasteiger partial charge >= 0.3 is 0 Å². The number of carbonyl (C=O) groups is 1. The molecule has 3 rings (SSSR count). The number of likely N-dealkylation sites (N-methyl/N-ethyl adjacent to an activating group) is 1. The molecule has 0 saturated carbocycles. The lowest BCUT2D eigenvalue weighted by molar-refractivity contribution is -0.128. The molecule has 0 N–H and O–H groups in total. The second-order valence-electron chi connectivity index (χ2n) is 6.38. The van der Waals surface area contributed by atoms with E-state index in [4.69, 9.17) is 18.3 Å². The maximum atomic E-state index is 12.3. The summed E-state index contributed by atoms with van der Waals surface area (Å²) in [5, 5.41) is 0. The highest BCUT2D eigenvalue weighted by atomic mass is 32.2. The van der Waals surface area contributed by atoms with Gasteiger partial charge < -0.3 is 18.4 Å². The van der Waals surface area contributed by atoms with Crippen molar-refractivity contribution in [2.75, 3.05) is 14.1 Å². The van der Waals surface area contributed by atoms with Gasteiger partial charge in [-0.2, -0.15) is 0 Å². The molecule has 0 fully saturated rings. The Bertz CT molecular complexity index is 961. The highest BCUT2D eigenvalue weighted by molar-refractivity contribution is 7.72. The van der Waals surface area contributed by atoms with Gasteiger partial charge in [0.25, 0.3) is 0 Å². The number of hydrogen-bond acceptors (Lipinski definition) is 5. The van der Waals surface area contributed by atoms with E-state index in [-0.39, 0.29) is 5.91 Å². The SMILES string of the molecule is Cc1ccc(-c2nc3ccc(C)cn3c2CC(=O)N(C)C)cc1.O=S([O-])[O-]. The second kappa shape index (κ2) is 8.90. The van der Waals surface area contributed by atoms with Crippen LogP contribution < -0.4 is 0 Å². The molecule has 0 bridgehead atoms. The Hall–Kier alpha value is -2.55. The van der Waals surface area contributed by atoms with E-state index in [0.717, 1.165) is 28.2 Å². The number of benzene rings is 1.